The first-order valence-corrected chi connectivity index (χ1v) is 29.0. The zero-order chi connectivity index (χ0) is 63.4. The molecule has 36 nitrogen and oxygen atoms in total. The van der Waals surface area contributed by atoms with Crippen molar-refractivity contribution in [3.05, 3.63) is 35.9 Å². The highest BCUT2D eigenvalue weighted by Crippen LogP contribution is 2.39. The van der Waals surface area contributed by atoms with E-state index in [9.17, 15) is 71.0 Å². The highest BCUT2D eigenvalue weighted by molar-refractivity contribution is 7.81. The quantitative estimate of drug-likeness (QED) is 0.0328. The average Bonchev–Trinajstić information content (AvgIpc) is 0.965. The first kappa shape index (κ1) is 71.4. The van der Waals surface area contributed by atoms with E-state index in [1.54, 1.807) is 30.3 Å². The summed E-state index contributed by atoms with van der Waals surface area (Å²) in [6, 6.07) is 8.61. The number of hydrogen-bond donors (Lipinski definition) is 9. The maximum Gasteiger partial charge on any atom is 0.407 e. The van der Waals surface area contributed by atoms with Crippen molar-refractivity contribution in [2.24, 2.45) is 0 Å². The standard InChI is InChI=1S/C48H75NO35S2/c1-65-28-21(14-15-49-48(58)73-18-20-12-10-9-11-13-20)75-24(19-74-85(59,60)61)30(36(28)84-86(62,63)64)79-47-41(72-8)32(68-4)34(37(83-47)42(54)55)80-44-26(53)25(52)27(22(16-50)76-44)78-46-40(71-7)33(69-5)35(38(82-46)43(56)57)81-45-39(70-6)31(67-3)29(66-2)23(17-51)77-45/h9-13,21-41,44-47,50-53H,14-19H2,1-8H3,(H,49,58)(H,54,55)(H,56,57)(H,59,60,61)(H,62,63,64)/t21-,22-,23-,24-,25-,26-,27-,28+,29-,30-,31+,32+,33+,34+,35+,36-,37-,38+,39-,40-,41-,44-,45-,46-,47-/m1/s1. The summed E-state index contributed by atoms with van der Waals surface area (Å²) in [5, 5.41) is 67.9. The molecular formula is C48H75NO35S2. The fourth-order valence-corrected chi connectivity index (χ4v) is 11.6. The van der Waals surface area contributed by atoms with Gasteiger partial charge in [-0.25, -0.2) is 22.7 Å². The molecule has 0 aromatic heterocycles. The van der Waals surface area contributed by atoms with E-state index in [1.807, 2.05) is 0 Å². The minimum absolute atomic E-state index is 0.116. The average molecular weight is 1290 g/mol. The highest BCUT2D eigenvalue weighted by Gasteiger charge is 2.60. The number of carbonyl (C=O) groups excluding carboxylic acids is 1. The van der Waals surface area contributed by atoms with Gasteiger partial charge in [-0.3, -0.25) is 9.11 Å². The van der Waals surface area contributed by atoms with Crippen LogP contribution in [0.2, 0.25) is 0 Å². The molecule has 1 aromatic carbocycles. The van der Waals surface area contributed by atoms with Crippen molar-refractivity contribution in [3.8, 4) is 0 Å². The lowest BCUT2D eigenvalue weighted by atomic mass is 9.92. The summed E-state index contributed by atoms with van der Waals surface area (Å²) in [6.45, 7) is -3.21. The Kier molecular flexibility index (Phi) is 26.9. The largest absolute Gasteiger partial charge is 0.479 e. The Morgan fingerprint density at radius 2 is 0.919 bits per heavy atom. The Balaban J connectivity index is 1.21. The van der Waals surface area contributed by atoms with Crippen molar-refractivity contribution in [3.63, 3.8) is 0 Å². The minimum Gasteiger partial charge on any atom is -0.479 e. The fourth-order valence-electron chi connectivity index (χ4n) is 10.8. The lowest BCUT2D eigenvalue weighted by molar-refractivity contribution is -0.390. The maximum atomic E-state index is 13.2. The number of aliphatic hydroxyl groups is 4. The SMILES string of the molecule is CO[C@@H]1[C@@H](OC)[C@H](O[C@H]2[C@H](O)[C@@H](O)[C@@H](O[C@H]3[C@H](OC)[C@@H](OC)[C@H](O[C@H]4[C@H](OS(=O)(=O)O)[C@@H](OC)[C@@H](CCNC(=O)OCc5ccccc5)O[C@@H]4COS(=O)(=O)O)O[C@H]3C(=O)O)O[C@@H]2CO)O[C@H](C(=O)O)[C@H]1O[C@H]1O[C@H](CO)[C@@H](OC)[C@H](OC)[C@H]1OC. The van der Waals surface area contributed by atoms with Gasteiger partial charge in [0.05, 0.1) is 25.9 Å². The van der Waals surface area contributed by atoms with Crippen molar-refractivity contribution >= 4 is 38.8 Å². The zero-order valence-corrected chi connectivity index (χ0v) is 49.1. The molecule has 6 rings (SSSR count). The van der Waals surface area contributed by atoms with Gasteiger partial charge in [-0.2, -0.15) is 16.8 Å². The van der Waals surface area contributed by atoms with Crippen LogP contribution < -0.4 is 5.32 Å². The number of alkyl carbamates (subject to hydrolysis) is 1. The molecule has 86 heavy (non-hydrogen) atoms. The first-order chi connectivity index (χ1) is 40.8. The molecule has 0 aliphatic carbocycles. The summed E-state index contributed by atoms with van der Waals surface area (Å²) >= 11 is 0. The molecule has 0 spiro atoms. The van der Waals surface area contributed by atoms with Crippen molar-refractivity contribution < 1.29 is 165 Å². The van der Waals surface area contributed by atoms with E-state index in [2.05, 4.69) is 9.50 Å². The number of amides is 1. The zero-order valence-electron chi connectivity index (χ0n) is 47.5. The summed E-state index contributed by atoms with van der Waals surface area (Å²) in [5.74, 6) is -3.47. The van der Waals surface area contributed by atoms with E-state index in [0.29, 0.717) is 5.56 Å². The minimum atomic E-state index is -5.52. The summed E-state index contributed by atoms with van der Waals surface area (Å²) in [5.41, 5.74) is 0.658. The molecule has 5 aliphatic rings. The molecule has 9 N–H and O–H groups in total. The number of methoxy groups -OCH3 is 8. The lowest BCUT2D eigenvalue weighted by Crippen LogP contribution is -2.69. The molecule has 1 aromatic rings. The third kappa shape index (κ3) is 17.4. The third-order valence-electron chi connectivity index (χ3n) is 14.7. The molecule has 1 amide bonds. The van der Waals surface area contributed by atoms with Crippen molar-refractivity contribution in [1.82, 2.24) is 5.32 Å². The summed E-state index contributed by atoms with van der Waals surface area (Å²) in [4.78, 5) is 38.7. The molecule has 494 valence electrons. The lowest BCUT2D eigenvalue weighted by Gasteiger charge is -2.50. The van der Waals surface area contributed by atoms with E-state index < -0.39 is 212 Å². The first-order valence-electron chi connectivity index (χ1n) is 26.2. The van der Waals surface area contributed by atoms with Crippen LogP contribution >= 0.6 is 0 Å². The van der Waals surface area contributed by atoms with Crippen LogP contribution in [0.25, 0.3) is 0 Å². The second-order valence-electron chi connectivity index (χ2n) is 19.7. The number of hydrogen-bond acceptors (Lipinski definition) is 31. The van der Waals surface area contributed by atoms with E-state index in [4.69, 9.17) is 89.4 Å². The highest BCUT2D eigenvalue weighted by atomic mass is 32.3. The number of benzene rings is 1. The Morgan fingerprint density at radius 1 is 0.488 bits per heavy atom. The molecular weight excluding hydrogens is 1210 g/mol. The van der Waals surface area contributed by atoms with Crippen LogP contribution in [0.15, 0.2) is 30.3 Å². The summed E-state index contributed by atoms with van der Waals surface area (Å²) in [7, 11) is -1.36. The number of rotatable bonds is 30. The Morgan fingerprint density at radius 3 is 1.38 bits per heavy atom. The predicted molar refractivity (Wildman–Crippen MR) is 274 cm³/mol. The topological polar surface area (TPSA) is 478 Å². The van der Waals surface area contributed by atoms with Gasteiger partial charge < -0.3 is 121 Å². The molecule has 0 saturated carbocycles. The molecule has 5 saturated heterocycles. The van der Waals surface area contributed by atoms with Crippen LogP contribution in [-0.2, 0) is 131 Å². The third-order valence-corrected chi connectivity index (χ3v) is 15.6. The van der Waals surface area contributed by atoms with Gasteiger partial charge in [0.1, 0.15) is 116 Å². The molecule has 0 bridgehead atoms. The number of carboxylic acid groups (broad SMARTS) is 2. The number of carbonyl (C=O) groups is 3. The van der Waals surface area contributed by atoms with Crippen molar-refractivity contribution in [1.29, 1.82) is 0 Å². The second-order valence-corrected chi connectivity index (χ2v) is 21.8. The van der Waals surface area contributed by atoms with Gasteiger partial charge in [-0.1, -0.05) is 30.3 Å². The normalized spacial score (nSPS) is 38.9. The second kappa shape index (κ2) is 32.4. The number of ether oxygens (including phenoxy) is 18. The van der Waals surface area contributed by atoms with E-state index in [-0.39, 0.29) is 19.6 Å². The summed E-state index contributed by atoms with van der Waals surface area (Å²) in [6.07, 6.45) is -43.8. The van der Waals surface area contributed by atoms with Gasteiger partial charge in [-0.05, 0) is 12.0 Å². The molecule has 25 atom stereocenters. The molecule has 5 fully saturated rings. The van der Waals surface area contributed by atoms with Gasteiger partial charge >= 0.3 is 38.8 Å². The fraction of sp³-hybridized carbons (Fsp3) is 0.812. The van der Waals surface area contributed by atoms with E-state index >= 15 is 0 Å². The van der Waals surface area contributed by atoms with Gasteiger partial charge in [0.2, 0.25) is 0 Å². The van der Waals surface area contributed by atoms with Crippen LogP contribution in [0.5, 0.6) is 0 Å². The molecule has 0 radical (unpaired) electrons. The Labute approximate surface area is 492 Å². The monoisotopic (exact) mass is 1290 g/mol. The van der Waals surface area contributed by atoms with Gasteiger partial charge in [0.25, 0.3) is 0 Å². The van der Waals surface area contributed by atoms with E-state index in [0.717, 1.165) is 21.3 Å². The molecule has 5 heterocycles. The number of carboxylic acids is 2. The molecule has 38 heteroatoms. The van der Waals surface area contributed by atoms with Gasteiger partial charge in [-0.15, -0.1) is 0 Å². The Bertz CT molecular complexity index is 2510. The Hall–Kier alpha value is -3.67. The molecule has 5 aliphatic heterocycles. The van der Waals surface area contributed by atoms with Crippen molar-refractivity contribution in [2.45, 2.75) is 166 Å². The smallest absolute Gasteiger partial charge is 0.407 e. The maximum absolute atomic E-state index is 13.2. The number of aliphatic carboxylic acids is 2. The van der Waals surface area contributed by atoms with Crippen LogP contribution in [-0.4, -0.2) is 311 Å². The van der Waals surface area contributed by atoms with Crippen LogP contribution in [0, 0.1) is 0 Å². The van der Waals surface area contributed by atoms with Crippen LogP contribution in [0.4, 0.5) is 4.79 Å². The van der Waals surface area contributed by atoms with Gasteiger partial charge in [0.15, 0.2) is 37.4 Å². The molecule has 0 unspecified atom stereocenters. The summed E-state index contributed by atoms with van der Waals surface area (Å²) < 4.78 is 182. The number of nitrogens with one attached hydrogen (secondary N) is 1. The number of aliphatic hydroxyl groups excluding tert-OH is 4. The van der Waals surface area contributed by atoms with Crippen molar-refractivity contribution in [2.75, 3.05) is 83.2 Å². The predicted octanol–water partition coefficient (Wildman–Crippen LogP) is -4.49. The van der Waals surface area contributed by atoms with E-state index in [1.165, 1.54) is 35.5 Å². The van der Waals surface area contributed by atoms with Gasteiger partial charge in [0, 0.05) is 63.4 Å². The van der Waals surface area contributed by atoms with Crippen LogP contribution in [0.1, 0.15) is 12.0 Å². The van der Waals surface area contributed by atoms with Crippen LogP contribution in [0.3, 0.4) is 0 Å².